The summed E-state index contributed by atoms with van der Waals surface area (Å²) < 4.78 is 0. The van der Waals surface area contributed by atoms with Gasteiger partial charge in [-0.25, -0.2) is 0 Å². The molecular formula is C14H27ClN2. The molecule has 0 aromatic carbocycles. The zero-order valence-electron chi connectivity index (χ0n) is 11.2. The molecule has 2 aliphatic carbocycles. The van der Waals surface area contributed by atoms with Crippen LogP contribution in [0.5, 0.6) is 0 Å². The zero-order chi connectivity index (χ0) is 11.1. The second-order valence-corrected chi connectivity index (χ2v) is 6.55. The van der Waals surface area contributed by atoms with E-state index in [0.717, 1.165) is 23.8 Å². The molecule has 0 aromatic heterocycles. The summed E-state index contributed by atoms with van der Waals surface area (Å²) in [5, 5.41) is 3.58. The van der Waals surface area contributed by atoms with Crippen molar-refractivity contribution in [2.75, 3.05) is 19.6 Å². The minimum absolute atomic E-state index is 0. The molecule has 5 unspecified atom stereocenters. The number of halogens is 1. The van der Waals surface area contributed by atoms with E-state index in [9.17, 15) is 0 Å². The van der Waals surface area contributed by atoms with Crippen LogP contribution in [0.15, 0.2) is 0 Å². The molecule has 17 heavy (non-hydrogen) atoms. The number of rotatable bonds is 2. The third kappa shape index (κ3) is 2.80. The van der Waals surface area contributed by atoms with E-state index in [2.05, 4.69) is 24.1 Å². The van der Waals surface area contributed by atoms with Gasteiger partial charge in [0.05, 0.1) is 0 Å². The Balaban J connectivity index is 0.00000108. The van der Waals surface area contributed by atoms with Gasteiger partial charge in [-0.1, -0.05) is 6.42 Å². The largest absolute Gasteiger partial charge is 0.311 e. The lowest BCUT2D eigenvalue weighted by Gasteiger charge is -2.40. The van der Waals surface area contributed by atoms with Crippen molar-refractivity contribution < 1.29 is 0 Å². The lowest BCUT2D eigenvalue weighted by Crippen LogP contribution is -2.55. The Labute approximate surface area is 112 Å². The highest BCUT2D eigenvalue weighted by Gasteiger charge is 2.40. The number of nitrogens with one attached hydrogen (secondary N) is 1. The molecule has 1 N–H and O–H groups in total. The fraction of sp³-hybridized carbons (Fsp3) is 1.00. The van der Waals surface area contributed by atoms with Crippen molar-refractivity contribution in [2.24, 2.45) is 17.8 Å². The van der Waals surface area contributed by atoms with Gasteiger partial charge in [-0.3, -0.25) is 4.90 Å². The first kappa shape index (κ1) is 13.6. The molecule has 100 valence electrons. The maximum atomic E-state index is 3.58. The summed E-state index contributed by atoms with van der Waals surface area (Å²) in [5.41, 5.74) is 0. The van der Waals surface area contributed by atoms with Crippen molar-refractivity contribution in [3.8, 4) is 0 Å². The van der Waals surface area contributed by atoms with Gasteiger partial charge in [0.25, 0.3) is 0 Å². The molecule has 3 heteroatoms. The van der Waals surface area contributed by atoms with Crippen molar-refractivity contribution in [2.45, 2.75) is 51.6 Å². The van der Waals surface area contributed by atoms with Gasteiger partial charge in [0.15, 0.2) is 0 Å². The molecule has 0 spiro atoms. The third-order valence-corrected chi connectivity index (χ3v) is 5.25. The predicted octanol–water partition coefficient (Wildman–Crippen LogP) is 2.53. The Bertz CT molecular complexity index is 259. The van der Waals surface area contributed by atoms with Crippen LogP contribution >= 0.6 is 12.4 Å². The van der Waals surface area contributed by atoms with Crippen molar-refractivity contribution in [3.05, 3.63) is 0 Å². The van der Waals surface area contributed by atoms with Crippen molar-refractivity contribution in [1.82, 2.24) is 10.2 Å². The highest BCUT2D eigenvalue weighted by atomic mass is 35.5. The Morgan fingerprint density at radius 1 is 1.18 bits per heavy atom. The molecule has 0 amide bonds. The smallest absolute Gasteiger partial charge is 0.0193 e. The first-order valence-corrected chi connectivity index (χ1v) is 7.20. The number of fused-ring (bicyclic) bond motifs is 2. The van der Waals surface area contributed by atoms with E-state index in [-0.39, 0.29) is 12.4 Å². The van der Waals surface area contributed by atoms with Crippen LogP contribution in [-0.4, -0.2) is 36.6 Å². The number of nitrogens with zero attached hydrogens (tertiary/aromatic N) is 1. The second-order valence-electron chi connectivity index (χ2n) is 6.55. The summed E-state index contributed by atoms with van der Waals surface area (Å²) in [6, 6.07) is 1.44. The molecule has 0 radical (unpaired) electrons. The molecule has 0 aromatic rings. The van der Waals surface area contributed by atoms with Gasteiger partial charge in [0.1, 0.15) is 0 Å². The van der Waals surface area contributed by atoms with Crippen LogP contribution in [0.25, 0.3) is 0 Å². The highest BCUT2D eigenvalue weighted by Crippen LogP contribution is 2.48. The van der Waals surface area contributed by atoms with E-state index in [4.69, 9.17) is 0 Å². The monoisotopic (exact) mass is 258 g/mol. The van der Waals surface area contributed by atoms with Crippen LogP contribution in [0.2, 0.25) is 0 Å². The fourth-order valence-corrected chi connectivity index (χ4v) is 4.25. The van der Waals surface area contributed by atoms with Gasteiger partial charge in [-0.2, -0.15) is 0 Å². The molecule has 3 aliphatic rings. The summed E-state index contributed by atoms with van der Waals surface area (Å²) in [4.78, 5) is 2.74. The van der Waals surface area contributed by atoms with E-state index in [1.807, 2.05) is 0 Å². The lowest BCUT2D eigenvalue weighted by molar-refractivity contribution is 0.108. The fourth-order valence-electron chi connectivity index (χ4n) is 4.25. The third-order valence-electron chi connectivity index (χ3n) is 5.25. The number of piperazine rings is 1. The highest BCUT2D eigenvalue weighted by molar-refractivity contribution is 5.85. The topological polar surface area (TPSA) is 15.3 Å². The molecule has 3 rings (SSSR count). The lowest BCUT2D eigenvalue weighted by atomic mass is 9.88. The van der Waals surface area contributed by atoms with Gasteiger partial charge in [-0.15, -0.1) is 12.4 Å². The quantitative estimate of drug-likeness (QED) is 0.819. The molecule has 3 fully saturated rings. The Morgan fingerprint density at radius 3 is 2.65 bits per heavy atom. The standard InChI is InChI=1S/C14H26N2.ClH/c1-10-8-16(11(2)7-15-10)9-14-6-12-3-4-13(14)5-12;/h10-15H,3-9H2,1-2H3;1H. The average Bonchev–Trinajstić information content (AvgIpc) is 2.85. The zero-order valence-corrected chi connectivity index (χ0v) is 12.0. The van der Waals surface area contributed by atoms with Gasteiger partial charge in [-0.05, 0) is 50.9 Å². The maximum Gasteiger partial charge on any atom is 0.0193 e. The SMILES string of the molecule is CC1CN(CC2CC3CCC2C3)C(C)CN1.Cl. The van der Waals surface area contributed by atoms with Crippen LogP contribution in [0.1, 0.15) is 39.5 Å². The van der Waals surface area contributed by atoms with Crippen molar-refractivity contribution in [3.63, 3.8) is 0 Å². The van der Waals surface area contributed by atoms with Crippen LogP contribution in [0.3, 0.4) is 0 Å². The Kier molecular flexibility index (Phi) is 4.38. The molecular weight excluding hydrogens is 232 g/mol. The number of hydrogen-bond donors (Lipinski definition) is 1. The minimum atomic E-state index is 0. The Hall–Kier alpha value is 0.210. The van der Waals surface area contributed by atoms with E-state index in [1.165, 1.54) is 38.9 Å². The molecule has 5 atom stereocenters. The predicted molar refractivity (Wildman–Crippen MR) is 74.7 cm³/mol. The minimum Gasteiger partial charge on any atom is -0.311 e. The summed E-state index contributed by atoms with van der Waals surface area (Å²) in [7, 11) is 0. The molecule has 2 saturated carbocycles. The van der Waals surface area contributed by atoms with Crippen LogP contribution in [0.4, 0.5) is 0 Å². The first-order chi connectivity index (χ1) is 7.72. The first-order valence-electron chi connectivity index (χ1n) is 7.20. The maximum absolute atomic E-state index is 3.58. The van der Waals surface area contributed by atoms with E-state index in [1.54, 1.807) is 6.42 Å². The molecule has 1 heterocycles. The van der Waals surface area contributed by atoms with Crippen molar-refractivity contribution >= 4 is 12.4 Å². The summed E-state index contributed by atoms with van der Waals surface area (Å²) in [5.74, 6) is 3.22. The second kappa shape index (κ2) is 5.46. The van der Waals surface area contributed by atoms with E-state index >= 15 is 0 Å². The van der Waals surface area contributed by atoms with E-state index in [0.29, 0.717) is 6.04 Å². The van der Waals surface area contributed by atoms with Crippen LogP contribution < -0.4 is 5.32 Å². The van der Waals surface area contributed by atoms with Gasteiger partial charge in [0, 0.05) is 31.7 Å². The van der Waals surface area contributed by atoms with Crippen LogP contribution in [-0.2, 0) is 0 Å². The van der Waals surface area contributed by atoms with Gasteiger partial charge < -0.3 is 5.32 Å². The van der Waals surface area contributed by atoms with E-state index < -0.39 is 0 Å². The average molecular weight is 259 g/mol. The summed E-state index contributed by atoms with van der Waals surface area (Å²) in [6.45, 7) is 8.52. The van der Waals surface area contributed by atoms with Gasteiger partial charge in [0.2, 0.25) is 0 Å². The summed E-state index contributed by atoms with van der Waals surface area (Å²) in [6.07, 6.45) is 6.16. The van der Waals surface area contributed by atoms with Crippen LogP contribution in [0, 0.1) is 17.8 Å². The molecule has 2 bridgehead atoms. The molecule has 1 aliphatic heterocycles. The Morgan fingerprint density at radius 2 is 2.00 bits per heavy atom. The summed E-state index contributed by atoms with van der Waals surface area (Å²) >= 11 is 0. The normalized spacial score (nSPS) is 45.9. The molecule has 2 nitrogen and oxygen atoms in total. The number of hydrogen-bond acceptors (Lipinski definition) is 2. The van der Waals surface area contributed by atoms with Gasteiger partial charge >= 0.3 is 0 Å². The van der Waals surface area contributed by atoms with Crippen molar-refractivity contribution in [1.29, 1.82) is 0 Å². The molecule has 1 saturated heterocycles.